The van der Waals surface area contributed by atoms with E-state index in [1.54, 1.807) is 0 Å². The predicted molar refractivity (Wildman–Crippen MR) is 77.3 cm³/mol. The van der Waals surface area contributed by atoms with Gasteiger partial charge >= 0.3 is 0 Å². The molecule has 0 aromatic heterocycles. The molecule has 0 bridgehead atoms. The second-order valence-electron chi connectivity index (χ2n) is 5.18. The highest BCUT2D eigenvalue weighted by Crippen LogP contribution is 2.28. The largest absolute Gasteiger partial charge is 0.371 e. The molecule has 0 unspecified atom stereocenters. The number of benzene rings is 1. The van der Waals surface area contributed by atoms with Crippen molar-refractivity contribution in [3.05, 3.63) is 29.8 Å². The maximum Gasteiger partial charge on any atom is 0.0852 e. The van der Waals surface area contributed by atoms with E-state index in [2.05, 4.69) is 49.9 Å². The van der Waals surface area contributed by atoms with Crippen molar-refractivity contribution in [1.29, 1.82) is 0 Å². The van der Waals surface area contributed by atoms with Crippen molar-refractivity contribution in [1.82, 2.24) is 0 Å². The first-order chi connectivity index (χ1) is 8.73. The number of ether oxygens (including phenoxy) is 1. The molecule has 1 aromatic carbocycles. The summed E-state index contributed by atoms with van der Waals surface area (Å²) in [6, 6.07) is 8.98. The standard InChI is InChI=1S/C16H25NO/c1-4-14-7-9-15(10-8-14)17-11-12-18-16(5-2,6-3)13-17/h7-10H,4-6,11-13H2,1-3H3. The van der Waals surface area contributed by atoms with Gasteiger partial charge in [0.1, 0.15) is 0 Å². The fraction of sp³-hybridized carbons (Fsp3) is 0.625. The third kappa shape index (κ3) is 2.69. The smallest absolute Gasteiger partial charge is 0.0852 e. The fourth-order valence-corrected chi connectivity index (χ4v) is 2.69. The molecular weight excluding hydrogens is 222 g/mol. The molecule has 0 radical (unpaired) electrons. The highest BCUT2D eigenvalue weighted by Gasteiger charge is 2.33. The first-order valence-corrected chi connectivity index (χ1v) is 7.21. The number of anilines is 1. The maximum atomic E-state index is 6.02. The van der Waals surface area contributed by atoms with Crippen LogP contribution >= 0.6 is 0 Å². The summed E-state index contributed by atoms with van der Waals surface area (Å²) in [7, 11) is 0. The molecule has 1 aliphatic heterocycles. The summed E-state index contributed by atoms with van der Waals surface area (Å²) >= 11 is 0. The van der Waals surface area contributed by atoms with Crippen LogP contribution in [0, 0.1) is 0 Å². The third-order valence-corrected chi connectivity index (χ3v) is 4.25. The van der Waals surface area contributed by atoms with Gasteiger partial charge in [-0.2, -0.15) is 0 Å². The molecule has 2 heteroatoms. The van der Waals surface area contributed by atoms with Crippen LogP contribution in [0.5, 0.6) is 0 Å². The summed E-state index contributed by atoms with van der Waals surface area (Å²) in [5.74, 6) is 0. The minimum Gasteiger partial charge on any atom is -0.371 e. The molecule has 1 aromatic rings. The molecule has 0 amide bonds. The van der Waals surface area contributed by atoms with E-state index >= 15 is 0 Å². The lowest BCUT2D eigenvalue weighted by Crippen LogP contribution is -2.51. The van der Waals surface area contributed by atoms with Crippen molar-refractivity contribution < 1.29 is 4.74 Å². The van der Waals surface area contributed by atoms with Crippen molar-refractivity contribution >= 4 is 5.69 Å². The Hall–Kier alpha value is -1.02. The zero-order chi connectivity index (χ0) is 13.0. The quantitative estimate of drug-likeness (QED) is 0.805. The van der Waals surface area contributed by atoms with Gasteiger partial charge in [-0.05, 0) is 37.0 Å². The Kier molecular flexibility index (Phi) is 4.28. The van der Waals surface area contributed by atoms with Crippen molar-refractivity contribution in [3.8, 4) is 0 Å². The summed E-state index contributed by atoms with van der Waals surface area (Å²) < 4.78 is 6.02. The van der Waals surface area contributed by atoms with Gasteiger partial charge in [0, 0.05) is 18.8 Å². The van der Waals surface area contributed by atoms with Gasteiger partial charge in [-0.25, -0.2) is 0 Å². The summed E-state index contributed by atoms with van der Waals surface area (Å²) in [6.07, 6.45) is 3.29. The van der Waals surface area contributed by atoms with E-state index in [0.717, 1.165) is 39.0 Å². The topological polar surface area (TPSA) is 12.5 Å². The molecule has 2 rings (SSSR count). The SMILES string of the molecule is CCc1ccc(N2CCOC(CC)(CC)C2)cc1. The average molecular weight is 247 g/mol. The Labute approximate surface area is 111 Å². The van der Waals surface area contributed by atoms with E-state index < -0.39 is 0 Å². The minimum atomic E-state index is 0.0572. The van der Waals surface area contributed by atoms with Crippen LogP contribution in [-0.2, 0) is 11.2 Å². The normalized spacial score (nSPS) is 18.9. The molecule has 0 saturated carbocycles. The van der Waals surface area contributed by atoms with E-state index in [0.29, 0.717) is 0 Å². The summed E-state index contributed by atoms with van der Waals surface area (Å²) in [5, 5.41) is 0. The minimum absolute atomic E-state index is 0.0572. The van der Waals surface area contributed by atoms with Gasteiger partial charge < -0.3 is 9.64 Å². The number of hydrogen-bond donors (Lipinski definition) is 0. The molecule has 1 aliphatic rings. The second kappa shape index (κ2) is 5.75. The van der Waals surface area contributed by atoms with Crippen molar-refractivity contribution in [3.63, 3.8) is 0 Å². The van der Waals surface area contributed by atoms with E-state index in [1.807, 2.05) is 0 Å². The number of rotatable bonds is 4. The highest BCUT2D eigenvalue weighted by atomic mass is 16.5. The Morgan fingerprint density at radius 3 is 2.33 bits per heavy atom. The van der Waals surface area contributed by atoms with Crippen LogP contribution in [-0.4, -0.2) is 25.3 Å². The van der Waals surface area contributed by atoms with Gasteiger partial charge in [-0.1, -0.05) is 32.9 Å². The molecule has 1 heterocycles. The fourth-order valence-electron chi connectivity index (χ4n) is 2.69. The number of aryl methyl sites for hydroxylation is 1. The van der Waals surface area contributed by atoms with E-state index in [9.17, 15) is 0 Å². The van der Waals surface area contributed by atoms with Gasteiger partial charge in [0.05, 0.1) is 12.2 Å². The van der Waals surface area contributed by atoms with E-state index in [4.69, 9.17) is 4.74 Å². The lowest BCUT2D eigenvalue weighted by molar-refractivity contribution is -0.0605. The summed E-state index contributed by atoms with van der Waals surface area (Å²) in [5.41, 5.74) is 2.80. The molecule has 18 heavy (non-hydrogen) atoms. The van der Waals surface area contributed by atoms with Crippen LogP contribution in [0.2, 0.25) is 0 Å². The molecule has 100 valence electrons. The van der Waals surface area contributed by atoms with Gasteiger partial charge in [0.2, 0.25) is 0 Å². The number of hydrogen-bond acceptors (Lipinski definition) is 2. The van der Waals surface area contributed by atoms with Crippen LogP contribution in [0.15, 0.2) is 24.3 Å². The van der Waals surface area contributed by atoms with Crippen LogP contribution in [0.25, 0.3) is 0 Å². The first kappa shape index (κ1) is 13.4. The number of morpholine rings is 1. The van der Waals surface area contributed by atoms with E-state index in [-0.39, 0.29) is 5.60 Å². The van der Waals surface area contributed by atoms with Gasteiger partial charge in [0.15, 0.2) is 0 Å². The molecule has 2 nitrogen and oxygen atoms in total. The Morgan fingerprint density at radius 2 is 1.78 bits per heavy atom. The lowest BCUT2D eigenvalue weighted by atomic mass is 9.94. The Morgan fingerprint density at radius 1 is 1.11 bits per heavy atom. The first-order valence-electron chi connectivity index (χ1n) is 7.21. The van der Waals surface area contributed by atoms with Crippen molar-refractivity contribution in [2.45, 2.75) is 45.6 Å². The van der Waals surface area contributed by atoms with Crippen LogP contribution in [0.4, 0.5) is 5.69 Å². The molecule has 0 aliphatic carbocycles. The van der Waals surface area contributed by atoms with Crippen molar-refractivity contribution in [2.75, 3.05) is 24.6 Å². The molecule has 0 N–H and O–H groups in total. The van der Waals surface area contributed by atoms with Crippen molar-refractivity contribution in [2.24, 2.45) is 0 Å². The monoisotopic (exact) mass is 247 g/mol. The van der Waals surface area contributed by atoms with Gasteiger partial charge in [0.25, 0.3) is 0 Å². The Bertz CT molecular complexity index is 367. The van der Waals surface area contributed by atoms with E-state index in [1.165, 1.54) is 11.3 Å². The average Bonchev–Trinajstić information content (AvgIpc) is 2.47. The van der Waals surface area contributed by atoms with Crippen LogP contribution < -0.4 is 4.90 Å². The molecular formula is C16H25NO. The molecule has 0 atom stereocenters. The van der Waals surface area contributed by atoms with Gasteiger partial charge in [-0.15, -0.1) is 0 Å². The molecule has 1 saturated heterocycles. The van der Waals surface area contributed by atoms with Gasteiger partial charge in [-0.3, -0.25) is 0 Å². The van der Waals surface area contributed by atoms with Crippen LogP contribution in [0.1, 0.15) is 39.2 Å². The zero-order valence-corrected chi connectivity index (χ0v) is 11.9. The highest BCUT2D eigenvalue weighted by molar-refractivity contribution is 5.48. The zero-order valence-electron chi connectivity index (χ0n) is 11.9. The maximum absolute atomic E-state index is 6.02. The number of nitrogens with zero attached hydrogens (tertiary/aromatic N) is 1. The Balaban J connectivity index is 2.12. The second-order valence-corrected chi connectivity index (χ2v) is 5.18. The third-order valence-electron chi connectivity index (χ3n) is 4.25. The molecule has 1 fully saturated rings. The summed E-state index contributed by atoms with van der Waals surface area (Å²) in [4.78, 5) is 2.47. The predicted octanol–water partition coefficient (Wildman–Crippen LogP) is 3.64. The lowest BCUT2D eigenvalue weighted by Gasteiger charge is -2.43. The summed E-state index contributed by atoms with van der Waals surface area (Å²) in [6.45, 7) is 9.53. The molecule has 0 spiro atoms. The van der Waals surface area contributed by atoms with Crippen LogP contribution in [0.3, 0.4) is 0 Å².